The highest BCUT2D eigenvalue weighted by Crippen LogP contribution is 2.35. The van der Waals surface area contributed by atoms with Gasteiger partial charge < -0.3 is 15.1 Å². The number of anilines is 1. The minimum absolute atomic E-state index is 0.0273. The van der Waals surface area contributed by atoms with Crippen LogP contribution in [-0.2, 0) is 11.0 Å². The van der Waals surface area contributed by atoms with Crippen LogP contribution in [0.25, 0.3) is 0 Å². The van der Waals surface area contributed by atoms with Crippen molar-refractivity contribution in [1.29, 1.82) is 5.26 Å². The molecule has 1 fully saturated rings. The first-order chi connectivity index (χ1) is 15.1. The number of carbonyl (C=O) groups excluding carboxylic acids is 2. The zero-order chi connectivity index (χ0) is 23.6. The van der Waals surface area contributed by atoms with Gasteiger partial charge in [0.1, 0.15) is 6.04 Å². The molecule has 6 nitrogen and oxygen atoms in total. The molecule has 0 saturated carbocycles. The Kier molecular flexibility index (Phi) is 6.44. The molecule has 1 aliphatic rings. The zero-order valence-corrected chi connectivity index (χ0v) is 18.0. The van der Waals surface area contributed by atoms with Crippen LogP contribution in [0.5, 0.6) is 0 Å². The number of nitrogens with one attached hydrogen (secondary N) is 1. The summed E-state index contributed by atoms with van der Waals surface area (Å²) in [5.41, 5.74) is 1.03. The van der Waals surface area contributed by atoms with Crippen molar-refractivity contribution in [2.45, 2.75) is 26.1 Å². The van der Waals surface area contributed by atoms with Gasteiger partial charge in [-0.3, -0.25) is 9.59 Å². The first-order valence-electron chi connectivity index (χ1n) is 10.0. The van der Waals surface area contributed by atoms with E-state index in [0.29, 0.717) is 5.56 Å². The molecule has 1 aliphatic heterocycles. The number of aryl methyl sites for hydroxylation is 2. The van der Waals surface area contributed by atoms with E-state index < -0.39 is 29.3 Å². The summed E-state index contributed by atoms with van der Waals surface area (Å²) in [6, 6.07) is 9.57. The number of nitriles is 1. The molecule has 1 atom stereocenters. The smallest absolute Gasteiger partial charge is 0.367 e. The van der Waals surface area contributed by atoms with Gasteiger partial charge in [-0.15, -0.1) is 0 Å². The third-order valence-electron chi connectivity index (χ3n) is 5.60. The molecule has 2 aromatic rings. The number of carbonyl (C=O) groups is 2. The SMILES string of the molecule is CNC(=O)C1CN(c2ccc(C#N)c(C(F)(F)F)c2)CCN1C(=O)c1ccc(C)cc1C. The Morgan fingerprint density at radius 3 is 2.44 bits per heavy atom. The van der Waals surface area contributed by atoms with Gasteiger partial charge in [0, 0.05) is 37.9 Å². The van der Waals surface area contributed by atoms with Gasteiger partial charge in [0.15, 0.2) is 0 Å². The van der Waals surface area contributed by atoms with Crippen molar-refractivity contribution in [3.05, 3.63) is 64.2 Å². The number of likely N-dealkylation sites (N-methyl/N-ethyl adjacent to an activating group) is 1. The highest BCUT2D eigenvalue weighted by Gasteiger charge is 2.38. The third-order valence-corrected chi connectivity index (χ3v) is 5.60. The molecule has 1 heterocycles. The number of piperazine rings is 1. The fourth-order valence-corrected chi connectivity index (χ4v) is 3.92. The molecular formula is C23H23F3N4O2. The van der Waals surface area contributed by atoms with Crippen molar-refractivity contribution in [3.63, 3.8) is 0 Å². The first kappa shape index (κ1) is 23.1. The molecular weight excluding hydrogens is 421 g/mol. The Labute approximate surface area is 184 Å². The average molecular weight is 444 g/mol. The van der Waals surface area contributed by atoms with E-state index >= 15 is 0 Å². The van der Waals surface area contributed by atoms with E-state index in [1.165, 1.54) is 18.0 Å². The topological polar surface area (TPSA) is 76.4 Å². The standard InChI is InChI=1S/C23H23F3N4O2/c1-14-4-7-18(15(2)10-14)22(32)30-9-8-29(13-20(30)21(31)28-3)17-6-5-16(12-27)19(11-17)23(24,25)26/h4-7,10-11,20H,8-9,13H2,1-3H3,(H,28,31). The maximum absolute atomic E-state index is 13.4. The maximum Gasteiger partial charge on any atom is 0.417 e. The summed E-state index contributed by atoms with van der Waals surface area (Å²) in [7, 11) is 1.45. The average Bonchev–Trinajstić information content (AvgIpc) is 2.76. The number of benzene rings is 2. The Morgan fingerprint density at radius 1 is 1.12 bits per heavy atom. The van der Waals surface area contributed by atoms with Crippen LogP contribution in [0.1, 0.15) is 32.6 Å². The van der Waals surface area contributed by atoms with Crippen LogP contribution in [-0.4, -0.2) is 49.4 Å². The molecule has 2 aromatic carbocycles. The molecule has 0 aliphatic carbocycles. The van der Waals surface area contributed by atoms with Gasteiger partial charge in [0.2, 0.25) is 5.91 Å². The largest absolute Gasteiger partial charge is 0.417 e. The van der Waals surface area contributed by atoms with Gasteiger partial charge in [0.25, 0.3) is 5.91 Å². The molecule has 1 N–H and O–H groups in total. The number of nitrogens with zero attached hydrogens (tertiary/aromatic N) is 3. The van der Waals surface area contributed by atoms with Gasteiger partial charge in [-0.2, -0.15) is 18.4 Å². The molecule has 3 rings (SSSR count). The fourth-order valence-electron chi connectivity index (χ4n) is 3.92. The van der Waals surface area contributed by atoms with Crippen molar-refractivity contribution >= 4 is 17.5 Å². The highest BCUT2D eigenvalue weighted by molar-refractivity contribution is 5.99. The van der Waals surface area contributed by atoms with E-state index in [-0.39, 0.29) is 31.2 Å². The van der Waals surface area contributed by atoms with E-state index in [0.717, 1.165) is 23.3 Å². The van der Waals surface area contributed by atoms with Gasteiger partial charge in [0.05, 0.1) is 17.2 Å². The van der Waals surface area contributed by atoms with Gasteiger partial charge in [-0.05, 0) is 43.7 Å². The van der Waals surface area contributed by atoms with E-state index in [9.17, 15) is 22.8 Å². The summed E-state index contributed by atoms with van der Waals surface area (Å²) >= 11 is 0. The van der Waals surface area contributed by atoms with Crippen LogP contribution >= 0.6 is 0 Å². The van der Waals surface area contributed by atoms with Crippen molar-refractivity contribution in [2.24, 2.45) is 0 Å². The third kappa shape index (κ3) is 4.54. The molecule has 0 spiro atoms. The molecule has 1 unspecified atom stereocenters. The lowest BCUT2D eigenvalue weighted by Crippen LogP contribution is -2.60. The summed E-state index contributed by atoms with van der Waals surface area (Å²) in [6.45, 7) is 4.17. The first-order valence-corrected chi connectivity index (χ1v) is 10.0. The molecule has 9 heteroatoms. The summed E-state index contributed by atoms with van der Waals surface area (Å²) in [6.07, 6.45) is -4.68. The normalized spacial score (nSPS) is 16.5. The minimum Gasteiger partial charge on any atom is -0.367 e. The molecule has 2 amide bonds. The second-order valence-corrected chi connectivity index (χ2v) is 7.73. The number of halogens is 3. The van der Waals surface area contributed by atoms with Crippen molar-refractivity contribution in [2.75, 3.05) is 31.6 Å². The van der Waals surface area contributed by atoms with Crippen molar-refractivity contribution in [1.82, 2.24) is 10.2 Å². The van der Waals surface area contributed by atoms with Gasteiger partial charge >= 0.3 is 6.18 Å². The van der Waals surface area contributed by atoms with E-state index in [2.05, 4.69) is 5.32 Å². The lowest BCUT2D eigenvalue weighted by atomic mass is 10.0. The van der Waals surface area contributed by atoms with E-state index in [1.54, 1.807) is 17.0 Å². The molecule has 1 saturated heterocycles. The molecule has 0 radical (unpaired) electrons. The molecule has 168 valence electrons. The van der Waals surface area contributed by atoms with E-state index in [4.69, 9.17) is 5.26 Å². The van der Waals surface area contributed by atoms with Crippen LogP contribution < -0.4 is 10.2 Å². The Hall–Kier alpha value is -3.54. The number of amides is 2. The van der Waals surface area contributed by atoms with Crippen molar-refractivity contribution in [3.8, 4) is 6.07 Å². The molecule has 0 bridgehead atoms. The second-order valence-electron chi connectivity index (χ2n) is 7.73. The number of hydrogen-bond acceptors (Lipinski definition) is 4. The van der Waals surface area contributed by atoms with E-state index in [1.807, 2.05) is 26.0 Å². The Bertz CT molecular complexity index is 1090. The number of alkyl halides is 3. The van der Waals surface area contributed by atoms with Gasteiger partial charge in [-0.1, -0.05) is 17.7 Å². The van der Waals surface area contributed by atoms with Gasteiger partial charge in [-0.25, -0.2) is 0 Å². The monoisotopic (exact) mass is 444 g/mol. The lowest BCUT2D eigenvalue weighted by molar-refractivity contribution is -0.137. The van der Waals surface area contributed by atoms with Crippen LogP contribution in [0, 0.1) is 25.2 Å². The summed E-state index contributed by atoms with van der Waals surface area (Å²) in [5.74, 6) is -0.705. The van der Waals surface area contributed by atoms with Crippen LogP contribution in [0.4, 0.5) is 18.9 Å². The van der Waals surface area contributed by atoms with Crippen molar-refractivity contribution < 1.29 is 22.8 Å². The fraction of sp³-hybridized carbons (Fsp3) is 0.348. The Balaban J connectivity index is 1.92. The van der Waals surface area contributed by atoms with Crippen LogP contribution in [0.3, 0.4) is 0 Å². The number of hydrogen-bond donors (Lipinski definition) is 1. The molecule has 0 aromatic heterocycles. The summed E-state index contributed by atoms with van der Waals surface area (Å²) in [5, 5.41) is 11.6. The lowest BCUT2D eigenvalue weighted by Gasteiger charge is -2.41. The summed E-state index contributed by atoms with van der Waals surface area (Å²) < 4.78 is 40.1. The second kappa shape index (κ2) is 8.91. The highest BCUT2D eigenvalue weighted by atomic mass is 19.4. The zero-order valence-electron chi connectivity index (χ0n) is 18.0. The summed E-state index contributed by atoms with van der Waals surface area (Å²) in [4.78, 5) is 28.9. The maximum atomic E-state index is 13.4. The minimum atomic E-state index is -4.68. The molecule has 32 heavy (non-hydrogen) atoms. The quantitative estimate of drug-likeness (QED) is 0.789. The number of rotatable bonds is 3. The van der Waals surface area contributed by atoms with Crippen LogP contribution in [0.15, 0.2) is 36.4 Å². The predicted octanol–water partition coefficient (Wildman–Crippen LogP) is 3.27. The van der Waals surface area contributed by atoms with Crippen LogP contribution in [0.2, 0.25) is 0 Å². The Morgan fingerprint density at radius 2 is 1.84 bits per heavy atom. The predicted molar refractivity (Wildman–Crippen MR) is 113 cm³/mol.